The Bertz CT molecular complexity index is 1260. The van der Waals surface area contributed by atoms with E-state index in [0.29, 0.717) is 31.1 Å². The van der Waals surface area contributed by atoms with E-state index in [1.54, 1.807) is 4.31 Å². The molecule has 12 heteroatoms. The summed E-state index contributed by atoms with van der Waals surface area (Å²) in [6, 6.07) is 6.87. The second kappa shape index (κ2) is 14.3. The third-order valence-corrected chi connectivity index (χ3v) is 12.5. The Labute approximate surface area is 267 Å². The van der Waals surface area contributed by atoms with Gasteiger partial charge in [-0.3, -0.25) is 9.59 Å². The lowest BCUT2D eigenvalue weighted by molar-refractivity contribution is -0.131. The predicted octanol–water partition coefficient (Wildman–Crippen LogP) is 2.90. The smallest absolute Gasteiger partial charge is 0.243 e. The quantitative estimate of drug-likeness (QED) is 0.305. The van der Waals surface area contributed by atoms with Crippen molar-refractivity contribution in [2.24, 2.45) is 17.6 Å². The fourth-order valence-corrected chi connectivity index (χ4v) is 9.99. The minimum absolute atomic E-state index is 0.0400. The number of benzene rings is 1. The van der Waals surface area contributed by atoms with Crippen molar-refractivity contribution in [1.82, 2.24) is 20.3 Å². The van der Waals surface area contributed by atoms with Crippen molar-refractivity contribution in [2.75, 3.05) is 32.0 Å². The fourth-order valence-electron chi connectivity index (χ4n) is 8.05. The zero-order chi connectivity index (χ0) is 31.5. The molecule has 3 aliphatic heterocycles. The minimum Gasteiger partial charge on any atom is -0.376 e. The molecule has 8 atom stereocenters. The number of piperazine rings is 1. The van der Waals surface area contributed by atoms with Crippen LogP contribution in [0.5, 0.6) is 0 Å². The Morgan fingerprint density at radius 3 is 2.64 bits per heavy atom. The first-order valence-corrected chi connectivity index (χ1v) is 18.4. The number of carbonyl (C=O) groups excluding carboxylic acids is 2. The summed E-state index contributed by atoms with van der Waals surface area (Å²) in [5.74, 6) is -0.316. The van der Waals surface area contributed by atoms with E-state index in [1.807, 2.05) is 24.3 Å². The highest BCUT2D eigenvalue weighted by molar-refractivity contribution is 7.89. The summed E-state index contributed by atoms with van der Waals surface area (Å²) in [7, 11) is -3.25. The van der Waals surface area contributed by atoms with Gasteiger partial charge in [0.25, 0.3) is 0 Å². The van der Waals surface area contributed by atoms with Crippen LogP contribution in [-0.2, 0) is 24.3 Å². The maximum atomic E-state index is 14.2. The van der Waals surface area contributed by atoms with Crippen LogP contribution < -0.4 is 21.7 Å². The van der Waals surface area contributed by atoms with Gasteiger partial charge in [-0.2, -0.15) is 4.31 Å². The normalized spacial score (nSPS) is 32.6. The number of amides is 2. The molecule has 3 saturated heterocycles. The standard InChI is InChI=1S/C32H50ClN5O5S/c1-32(2)17-23(14-15-43-32)29(22-8-11-24(33)12-9-22)30(37-28(39)18-34)31(40)36-27-7-3-5-21(27)10-13-26-19-35-25-6-4-16-44(41,42)38(26)20-25/h8-9,11-12,21,23,25-27,29-30,35H,3-7,10,13-20,34H2,1-2H3,(H,36,40)(H,37,39)/t21-,23?,25-,26+,27+,29?,30?/m1/s1. The Morgan fingerprint density at radius 2 is 1.91 bits per heavy atom. The third kappa shape index (κ3) is 8.14. The van der Waals surface area contributed by atoms with Gasteiger partial charge in [0.2, 0.25) is 21.8 Å². The first-order chi connectivity index (χ1) is 21.0. The van der Waals surface area contributed by atoms with E-state index in [0.717, 1.165) is 56.9 Å². The highest BCUT2D eigenvalue weighted by Gasteiger charge is 2.43. The number of fused-ring (bicyclic) bond motifs is 2. The van der Waals surface area contributed by atoms with Gasteiger partial charge < -0.3 is 26.4 Å². The first kappa shape index (κ1) is 33.6. The molecule has 1 aliphatic carbocycles. The van der Waals surface area contributed by atoms with Crippen molar-refractivity contribution in [3.8, 4) is 0 Å². The zero-order valence-electron chi connectivity index (χ0n) is 26.1. The van der Waals surface area contributed by atoms with Crippen LogP contribution in [0, 0.1) is 11.8 Å². The monoisotopic (exact) mass is 651 g/mol. The molecule has 4 fully saturated rings. The lowest BCUT2D eigenvalue weighted by Crippen LogP contribution is -2.57. The van der Waals surface area contributed by atoms with Gasteiger partial charge in [-0.15, -0.1) is 0 Å². The molecule has 10 nitrogen and oxygen atoms in total. The number of ether oxygens (including phenoxy) is 1. The van der Waals surface area contributed by atoms with Crippen molar-refractivity contribution < 1.29 is 22.7 Å². The third-order valence-electron chi connectivity index (χ3n) is 10.3. The number of nitrogens with two attached hydrogens (primary N) is 1. The van der Waals surface area contributed by atoms with Gasteiger partial charge in [-0.25, -0.2) is 8.42 Å². The van der Waals surface area contributed by atoms with Gasteiger partial charge in [-0.1, -0.05) is 30.2 Å². The molecule has 0 radical (unpaired) electrons. The van der Waals surface area contributed by atoms with Crippen LogP contribution in [0.3, 0.4) is 0 Å². The number of nitrogens with zero attached hydrogens (tertiary/aromatic N) is 1. The van der Waals surface area contributed by atoms with Crippen molar-refractivity contribution in [3.63, 3.8) is 0 Å². The van der Waals surface area contributed by atoms with E-state index in [2.05, 4.69) is 29.8 Å². The van der Waals surface area contributed by atoms with Gasteiger partial charge in [0.1, 0.15) is 6.04 Å². The van der Waals surface area contributed by atoms with E-state index in [-0.39, 0.29) is 65.6 Å². The Kier molecular flexibility index (Phi) is 11.0. The molecule has 3 heterocycles. The number of hydrogen-bond donors (Lipinski definition) is 4. The van der Waals surface area contributed by atoms with Crippen LogP contribution >= 0.6 is 11.6 Å². The predicted molar refractivity (Wildman–Crippen MR) is 172 cm³/mol. The summed E-state index contributed by atoms with van der Waals surface area (Å²) in [4.78, 5) is 27.0. The number of sulfonamides is 1. The zero-order valence-corrected chi connectivity index (χ0v) is 27.7. The number of nitrogens with one attached hydrogen (secondary N) is 3. The molecule has 1 aromatic rings. The molecule has 246 valence electrons. The van der Waals surface area contributed by atoms with E-state index in [9.17, 15) is 18.0 Å². The molecule has 2 bridgehead atoms. The highest BCUT2D eigenvalue weighted by atomic mass is 35.5. The van der Waals surface area contributed by atoms with Gasteiger partial charge in [0.15, 0.2) is 0 Å². The van der Waals surface area contributed by atoms with Crippen molar-refractivity contribution in [3.05, 3.63) is 34.9 Å². The molecule has 5 rings (SSSR count). The lowest BCUT2D eigenvalue weighted by atomic mass is 9.73. The van der Waals surface area contributed by atoms with Gasteiger partial charge >= 0.3 is 0 Å². The Hall–Kier alpha value is -1.76. The van der Waals surface area contributed by atoms with E-state index >= 15 is 0 Å². The highest BCUT2D eigenvalue weighted by Crippen LogP contribution is 2.41. The van der Waals surface area contributed by atoms with Crippen molar-refractivity contribution >= 4 is 33.4 Å². The first-order valence-electron chi connectivity index (χ1n) is 16.4. The maximum absolute atomic E-state index is 14.2. The Balaban J connectivity index is 1.32. The number of hydrogen-bond acceptors (Lipinski definition) is 7. The summed E-state index contributed by atoms with van der Waals surface area (Å²) >= 11 is 6.24. The molecule has 44 heavy (non-hydrogen) atoms. The number of halogens is 1. The largest absolute Gasteiger partial charge is 0.376 e. The van der Waals surface area contributed by atoms with Gasteiger partial charge in [0.05, 0.1) is 17.9 Å². The second-order valence-electron chi connectivity index (χ2n) is 13.9. The van der Waals surface area contributed by atoms with E-state index in [4.69, 9.17) is 22.1 Å². The summed E-state index contributed by atoms with van der Waals surface area (Å²) < 4.78 is 33.7. The molecular formula is C32H50ClN5O5S. The van der Waals surface area contributed by atoms with Crippen LogP contribution in [-0.4, -0.2) is 86.3 Å². The average molecular weight is 652 g/mol. The molecule has 5 N–H and O–H groups in total. The van der Waals surface area contributed by atoms with Crippen molar-refractivity contribution in [1.29, 1.82) is 0 Å². The van der Waals surface area contributed by atoms with Crippen LogP contribution in [0.1, 0.15) is 83.1 Å². The van der Waals surface area contributed by atoms with Crippen LogP contribution in [0.2, 0.25) is 5.02 Å². The molecule has 4 unspecified atom stereocenters. The summed E-state index contributed by atoms with van der Waals surface area (Å²) in [6.45, 7) is 5.72. The van der Waals surface area contributed by atoms with Crippen LogP contribution in [0.25, 0.3) is 0 Å². The average Bonchev–Trinajstić information content (AvgIpc) is 3.38. The molecular weight excluding hydrogens is 602 g/mol. The summed E-state index contributed by atoms with van der Waals surface area (Å²) in [5.41, 5.74) is 6.32. The lowest BCUT2D eigenvalue weighted by Gasteiger charge is -2.42. The van der Waals surface area contributed by atoms with Crippen LogP contribution in [0.15, 0.2) is 24.3 Å². The van der Waals surface area contributed by atoms with E-state index in [1.165, 1.54) is 0 Å². The SMILES string of the molecule is CC1(C)CC(C(c2ccc(Cl)cc2)C(NC(=O)CN)C(=O)N[C@H]2CCC[C@@H]2CC[C@H]2CN[C@@H]3CCCS(=O)(=O)N2C3)CCO1. The maximum Gasteiger partial charge on any atom is 0.243 e. The van der Waals surface area contributed by atoms with Gasteiger partial charge in [0, 0.05) is 48.8 Å². The minimum atomic E-state index is -3.25. The van der Waals surface area contributed by atoms with E-state index < -0.39 is 16.1 Å². The number of carbonyl (C=O) groups is 2. The molecule has 1 saturated carbocycles. The molecule has 1 aromatic carbocycles. The molecule has 0 aromatic heterocycles. The second-order valence-corrected chi connectivity index (χ2v) is 16.3. The van der Waals surface area contributed by atoms with Crippen LogP contribution in [0.4, 0.5) is 0 Å². The summed E-state index contributed by atoms with van der Waals surface area (Å²) in [5, 5.41) is 10.5. The van der Waals surface area contributed by atoms with Crippen molar-refractivity contribution in [2.45, 2.75) is 107 Å². The number of rotatable bonds is 10. The molecule has 2 amide bonds. The molecule has 0 spiro atoms. The summed E-state index contributed by atoms with van der Waals surface area (Å²) in [6.07, 6.45) is 7.53. The van der Waals surface area contributed by atoms with Gasteiger partial charge in [-0.05, 0) is 94.7 Å². The fraction of sp³-hybridized carbons (Fsp3) is 0.750. The molecule has 4 aliphatic rings. The Morgan fingerprint density at radius 1 is 1.14 bits per heavy atom. The topological polar surface area (TPSA) is 143 Å².